The molecule has 0 bridgehead atoms. The van der Waals surface area contributed by atoms with Crippen molar-refractivity contribution < 1.29 is 22.7 Å². The summed E-state index contributed by atoms with van der Waals surface area (Å²) in [6.45, 7) is 6.96. The first-order valence-corrected chi connectivity index (χ1v) is 15.9. The van der Waals surface area contributed by atoms with Crippen LogP contribution in [0, 0.1) is 6.92 Å². The van der Waals surface area contributed by atoms with Gasteiger partial charge in [-0.3, -0.25) is 13.9 Å². The molecule has 0 saturated heterocycles. The van der Waals surface area contributed by atoms with Crippen molar-refractivity contribution in [2.45, 2.75) is 64.1 Å². The monoisotopic (exact) mass is 633 g/mol. The van der Waals surface area contributed by atoms with E-state index in [0.717, 1.165) is 15.4 Å². The molecule has 8 nitrogen and oxygen atoms in total. The minimum atomic E-state index is -4.27. The number of ether oxygens (including phenoxy) is 1. The molecule has 0 fully saturated rings. The second kappa shape index (κ2) is 14.8. The Kier molecular flexibility index (Phi) is 11.7. The summed E-state index contributed by atoms with van der Waals surface area (Å²) in [5, 5.41) is 3.75. The van der Waals surface area contributed by atoms with Crippen molar-refractivity contribution in [3.05, 3.63) is 87.9 Å². The topological polar surface area (TPSA) is 96.0 Å². The van der Waals surface area contributed by atoms with E-state index in [-0.39, 0.29) is 39.8 Å². The number of methoxy groups -OCH3 is 1. The lowest BCUT2D eigenvalue weighted by Crippen LogP contribution is -2.53. The van der Waals surface area contributed by atoms with Gasteiger partial charge < -0.3 is 15.0 Å². The Balaban J connectivity index is 2.12. The van der Waals surface area contributed by atoms with Crippen molar-refractivity contribution in [1.82, 2.24) is 10.2 Å². The van der Waals surface area contributed by atoms with E-state index < -0.39 is 28.5 Å². The highest BCUT2D eigenvalue weighted by Crippen LogP contribution is 2.35. The number of amides is 2. The van der Waals surface area contributed by atoms with Gasteiger partial charge in [0.15, 0.2) is 0 Å². The van der Waals surface area contributed by atoms with Crippen molar-refractivity contribution in [1.29, 1.82) is 0 Å². The van der Waals surface area contributed by atoms with E-state index >= 15 is 0 Å². The molecule has 0 saturated carbocycles. The Morgan fingerprint density at radius 1 is 0.929 bits per heavy atom. The van der Waals surface area contributed by atoms with Gasteiger partial charge in [-0.1, -0.05) is 66.9 Å². The number of rotatable bonds is 13. The third-order valence-corrected chi connectivity index (χ3v) is 9.21. The Morgan fingerprint density at radius 2 is 1.55 bits per heavy atom. The minimum absolute atomic E-state index is 0.00580. The zero-order valence-corrected chi connectivity index (χ0v) is 26.8. The van der Waals surface area contributed by atoms with Crippen molar-refractivity contribution in [2.75, 3.05) is 18.0 Å². The molecule has 0 aliphatic heterocycles. The van der Waals surface area contributed by atoms with Crippen molar-refractivity contribution in [2.24, 2.45) is 0 Å². The molecule has 0 aliphatic rings. The summed E-state index contributed by atoms with van der Waals surface area (Å²) < 4.78 is 34.7. The number of nitrogens with one attached hydrogen (secondary N) is 1. The second-order valence-corrected chi connectivity index (χ2v) is 12.8. The van der Waals surface area contributed by atoms with Crippen LogP contribution in [0.4, 0.5) is 5.69 Å². The number of hydrogen-bond donors (Lipinski definition) is 1. The number of aryl methyl sites for hydroxylation is 1. The minimum Gasteiger partial charge on any atom is -0.495 e. The van der Waals surface area contributed by atoms with Crippen LogP contribution in [0.5, 0.6) is 5.75 Å². The van der Waals surface area contributed by atoms with E-state index in [9.17, 15) is 18.0 Å². The van der Waals surface area contributed by atoms with Gasteiger partial charge in [-0.25, -0.2) is 8.42 Å². The molecule has 3 rings (SSSR count). The number of hydrogen-bond acceptors (Lipinski definition) is 5. The first-order valence-electron chi connectivity index (χ1n) is 13.7. The SMILES string of the molecule is CC[C@H](C)NC(=O)[C@H](CC)N(Cc1ccc(Cl)cc1)C(=O)CN(c1cc(Cl)ccc1OC)S(=O)(=O)c1ccc(C)cc1. The third kappa shape index (κ3) is 8.18. The molecule has 0 aromatic heterocycles. The smallest absolute Gasteiger partial charge is 0.264 e. The normalized spacial score (nSPS) is 12.7. The number of halogens is 2. The van der Waals surface area contributed by atoms with Crippen molar-refractivity contribution in [3.63, 3.8) is 0 Å². The molecule has 2 atom stereocenters. The summed E-state index contributed by atoms with van der Waals surface area (Å²) in [7, 11) is -2.87. The van der Waals surface area contributed by atoms with Crippen LogP contribution in [0.2, 0.25) is 10.0 Å². The molecule has 1 N–H and O–H groups in total. The van der Waals surface area contributed by atoms with Gasteiger partial charge >= 0.3 is 0 Å². The predicted molar refractivity (Wildman–Crippen MR) is 168 cm³/mol. The largest absolute Gasteiger partial charge is 0.495 e. The number of nitrogens with zero attached hydrogens (tertiary/aromatic N) is 2. The van der Waals surface area contributed by atoms with E-state index in [2.05, 4.69) is 5.32 Å². The fraction of sp³-hybridized carbons (Fsp3) is 0.355. The summed E-state index contributed by atoms with van der Waals surface area (Å²) in [5.41, 5.74) is 1.71. The maximum absolute atomic E-state index is 14.2. The summed E-state index contributed by atoms with van der Waals surface area (Å²) >= 11 is 12.4. The van der Waals surface area contributed by atoms with Gasteiger partial charge in [0.25, 0.3) is 10.0 Å². The average molecular weight is 635 g/mol. The number of anilines is 1. The van der Waals surface area contributed by atoms with Gasteiger partial charge in [0.2, 0.25) is 11.8 Å². The molecule has 0 radical (unpaired) electrons. The first-order chi connectivity index (χ1) is 19.9. The summed E-state index contributed by atoms with van der Waals surface area (Å²) in [6.07, 6.45) is 1.03. The highest BCUT2D eigenvalue weighted by molar-refractivity contribution is 7.92. The zero-order chi connectivity index (χ0) is 31.0. The number of benzene rings is 3. The Hall–Kier alpha value is -3.27. The molecule has 11 heteroatoms. The zero-order valence-electron chi connectivity index (χ0n) is 24.4. The molecule has 42 heavy (non-hydrogen) atoms. The molecule has 0 heterocycles. The fourth-order valence-electron chi connectivity index (χ4n) is 4.36. The highest BCUT2D eigenvalue weighted by Gasteiger charge is 2.35. The summed E-state index contributed by atoms with van der Waals surface area (Å²) in [6, 6.07) is 16.9. The van der Waals surface area contributed by atoms with Gasteiger partial charge in [0, 0.05) is 22.6 Å². The predicted octanol–water partition coefficient (Wildman–Crippen LogP) is 6.23. The van der Waals surface area contributed by atoms with Crippen LogP contribution in [0.15, 0.2) is 71.6 Å². The molecule has 0 aliphatic carbocycles. The van der Waals surface area contributed by atoms with Gasteiger partial charge in [-0.15, -0.1) is 0 Å². The Morgan fingerprint density at radius 3 is 2.12 bits per heavy atom. The molecule has 226 valence electrons. The Bertz CT molecular complexity index is 1480. The van der Waals surface area contributed by atoms with E-state index in [1.54, 1.807) is 48.5 Å². The molecular formula is C31H37Cl2N3O5S. The van der Waals surface area contributed by atoms with Crippen LogP contribution in [0.3, 0.4) is 0 Å². The van der Waals surface area contributed by atoms with E-state index in [4.69, 9.17) is 27.9 Å². The molecule has 3 aromatic carbocycles. The Labute approximate surface area is 258 Å². The van der Waals surface area contributed by atoms with Gasteiger partial charge in [0.05, 0.1) is 17.7 Å². The average Bonchev–Trinajstić information content (AvgIpc) is 2.96. The van der Waals surface area contributed by atoms with Crippen LogP contribution in [-0.2, 0) is 26.2 Å². The maximum Gasteiger partial charge on any atom is 0.264 e. The third-order valence-electron chi connectivity index (χ3n) is 6.95. The lowest BCUT2D eigenvalue weighted by molar-refractivity contribution is -0.140. The number of sulfonamides is 1. The standard InChI is InChI=1S/C31H37Cl2N3O5S/c1-6-22(4)34-31(38)27(7-2)35(19-23-10-12-24(32)13-11-23)30(37)20-36(28-18-25(33)14-17-29(28)41-5)42(39,40)26-15-8-21(3)9-16-26/h8-18,22,27H,6-7,19-20H2,1-5H3,(H,34,38)/t22-,27-/m0/s1. The number of carbonyl (C=O) groups excluding carboxylic acids is 2. The second-order valence-electron chi connectivity index (χ2n) is 10.0. The van der Waals surface area contributed by atoms with Crippen LogP contribution < -0.4 is 14.4 Å². The van der Waals surface area contributed by atoms with Gasteiger partial charge in [-0.05, 0) is 74.7 Å². The lowest BCUT2D eigenvalue weighted by atomic mass is 10.1. The quantitative estimate of drug-likeness (QED) is 0.241. The maximum atomic E-state index is 14.2. The molecule has 3 aromatic rings. The van der Waals surface area contributed by atoms with Gasteiger partial charge in [0.1, 0.15) is 18.3 Å². The summed E-state index contributed by atoms with van der Waals surface area (Å²) in [5.74, 6) is -0.676. The number of carbonyl (C=O) groups is 2. The molecule has 0 spiro atoms. The van der Waals surface area contributed by atoms with E-state index in [1.165, 1.54) is 30.2 Å². The van der Waals surface area contributed by atoms with Crippen LogP contribution >= 0.6 is 23.2 Å². The van der Waals surface area contributed by atoms with Crippen LogP contribution in [-0.4, -0.2) is 50.9 Å². The van der Waals surface area contributed by atoms with Gasteiger partial charge in [-0.2, -0.15) is 0 Å². The van der Waals surface area contributed by atoms with E-state index in [1.807, 2.05) is 27.7 Å². The first kappa shape index (κ1) is 33.2. The fourth-order valence-corrected chi connectivity index (χ4v) is 6.06. The molecule has 0 unspecified atom stereocenters. The molecule has 2 amide bonds. The van der Waals surface area contributed by atoms with Crippen LogP contribution in [0.1, 0.15) is 44.7 Å². The van der Waals surface area contributed by atoms with Crippen molar-refractivity contribution >= 4 is 50.7 Å². The lowest BCUT2D eigenvalue weighted by Gasteiger charge is -2.34. The molecular weight excluding hydrogens is 597 g/mol. The van der Waals surface area contributed by atoms with Crippen molar-refractivity contribution in [3.8, 4) is 5.75 Å². The highest BCUT2D eigenvalue weighted by atomic mass is 35.5. The van der Waals surface area contributed by atoms with Crippen LogP contribution in [0.25, 0.3) is 0 Å². The van der Waals surface area contributed by atoms with E-state index in [0.29, 0.717) is 17.9 Å². The summed E-state index contributed by atoms with van der Waals surface area (Å²) in [4.78, 5) is 29.0.